The molecule has 0 aliphatic carbocycles. The van der Waals surface area contributed by atoms with Crippen LogP contribution in [0.2, 0.25) is 0 Å². The first-order valence-electron chi connectivity index (χ1n) is 2.67. The molecule has 0 aliphatic heterocycles. The Morgan fingerprint density at radius 2 is 2.00 bits per heavy atom. The average molecular weight is 156 g/mol. The molecule has 1 N–H and O–H groups in total. The molecule has 0 rings (SSSR count). The second kappa shape index (κ2) is 3.01. The Balaban J connectivity index is 4.08. The highest BCUT2D eigenvalue weighted by atomic mass is 19.4. The van der Waals surface area contributed by atoms with Gasteiger partial charge in [-0.05, 0) is 0 Å². The van der Waals surface area contributed by atoms with Crippen molar-refractivity contribution in [2.45, 2.75) is 25.6 Å². The lowest BCUT2D eigenvalue weighted by atomic mass is 10.2. The topological polar surface area (TPSA) is 37.3 Å². The number of aliphatic hydroxyl groups excluding tert-OH is 1. The molecule has 0 amide bonds. The Hall–Kier alpha value is -0.580. The molecule has 0 heterocycles. The van der Waals surface area contributed by atoms with Crippen LogP contribution in [-0.2, 0) is 4.79 Å². The molecule has 10 heavy (non-hydrogen) atoms. The van der Waals surface area contributed by atoms with Crippen LogP contribution in [0, 0.1) is 0 Å². The highest BCUT2D eigenvalue weighted by Crippen LogP contribution is 2.20. The molecule has 0 saturated carbocycles. The summed E-state index contributed by atoms with van der Waals surface area (Å²) in [4.78, 5) is 10.2. The second-order valence-electron chi connectivity index (χ2n) is 1.76. The van der Waals surface area contributed by atoms with Crippen molar-refractivity contribution in [2.75, 3.05) is 0 Å². The van der Waals surface area contributed by atoms with Crippen molar-refractivity contribution in [3.8, 4) is 0 Å². The van der Waals surface area contributed by atoms with Crippen molar-refractivity contribution >= 4 is 5.78 Å². The standard InChI is InChI=1S/C5H7F3O2/c1-2-3(9)4(10)5(6,7)8/h4,10H,2H2,1H3. The minimum absolute atomic E-state index is 0.305. The lowest BCUT2D eigenvalue weighted by Crippen LogP contribution is -2.35. The van der Waals surface area contributed by atoms with E-state index in [1.807, 2.05) is 0 Å². The Labute approximate surface area is 55.7 Å². The summed E-state index contributed by atoms with van der Waals surface area (Å²) in [7, 11) is 0. The quantitative estimate of drug-likeness (QED) is 0.644. The molecular weight excluding hydrogens is 149 g/mol. The predicted molar refractivity (Wildman–Crippen MR) is 27.4 cm³/mol. The van der Waals surface area contributed by atoms with Gasteiger partial charge in [-0.15, -0.1) is 0 Å². The van der Waals surface area contributed by atoms with Crippen LogP contribution in [0.15, 0.2) is 0 Å². The molecule has 2 nitrogen and oxygen atoms in total. The number of rotatable bonds is 2. The number of alkyl halides is 3. The number of hydrogen-bond acceptors (Lipinski definition) is 2. The molecule has 0 spiro atoms. The number of carbonyl (C=O) groups excluding carboxylic acids is 1. The van der Waals surface area contributed by atoms with Crippen molar-refractivity contribution in [2.24, 2.45) is 0 Å². The first-order valence-corrected chi connectivity index (χ1v) is 2.67. The summed E-state index contributed by atoms with van der Waals surface area (Å²) in [6, 6.07) is 0. The van der Waals surface area contributed by atoms with E-state index in [1.54, 1.807) is 0 Å². The summed E-state index contributed by atoms with van der Waals surface area (Å²) >= 11 is 0. The fraction of sp³-hybridized carbons (Fsp3) is 0.800. The third-order valence-corrected chi connectivity index (χ3v) is 0.963. The van der Waals surface area contributed by atoms with Crippen LogP contribution in [0.25, 0.3) is 0 Å². The van der Waals surface area contributed by atoms with Crippen molar-refractivity contribution in [3.05, 3.63) is 0 Å². The number of ketones is 1. The number of aliphatic hydroxyl groups is 1. The van der Waals surface area contributed by atoms with Gasteiger partial charge in [0.2, 0.25) is 6.10 Å². The molecule has 0 radical (unpaired) electrons. The third kappa shape index (κ3) is 2.34. The maximum atomic E-state index is 11.4. The molecule has 0 bridgehead atoms. The smallest absolute Gasteiger partial charge is 0.377 e. The Morgan fingerprint density at radius 1 is 1.60 bits per heavy atom. The molecule has 1 unspecified atom stereocenters. The minimum Gasteiger partial charge on any atom is -0.377 e. The van der Waals surface area contributed by atoms with Gasteiger partial charge in [-0.1, -0.05) is 6.92 Å². The molecule has 0 aromatic heterocycles. The largest absolute Gasteiger partial charge is 0.421 e. The van der Waals surface area contributed by atoms with Crippen molar-refractivity contribution in [1.29, 1.82) is 0 Å². The van der Waals surface area contributed by atoms with Gasteiger partial charge in [0, 0.05) is 6.42 Å². The number of Topliss-reactive ketones (excluding diaryl/α,β-unsaturated/α-hetero) is 1. The lowest BCUT2D eigenvalue weighted by Gasteiger charge is -2.11. The highest BCUT2D eigenvalue weighted by molar-refractivity contribution is 5.83. The van der Waals surface area contributed by atoms with Gasteiger partial charge in [0.15, 0.2) is 5.78 Å². The molecule has 0 fully saturated rings. The summed E-state index contributed by atoms with van der Waals surface area (Å²) in [5.41, 5.74) is 0. The highest BCUT2D eigenvalue weighted by Gasteiger charge is 2.42. The fourth-order valence-corrected chi connectivity index (χ4v) is 0.376. The summed E-state index contributed by atoms with van der Waals surface area (Å²) in [6.07, 6.45) is -7.93. The molecule has 0 aromatic rings. The van der Waals surface area contributed by atoms with Crippen LogP contribution < -0.4 is 0 Å². The van der Waals surface area contributed by atoms with Gasteiger partial charge in [0.25, 0.3) is 0 Å². The van der Waals surface area contributed by atoms with Crippen molar-refractivity contribution in [3.63, 3.8) is 0 Å². The zero-order chi connectivity index (χ0) is 8.36. The van der Waals surface area contributed by atoms with Gasteiger partial charge in [-0.25, -0.2) is 0 Å². The van der Waals surface area contributed by atoms with Gasteiger partial charge in [-0.3, -0.25) is 4.79 Å². The lowest BCUT2D eigenvalue weighted by molar-refractivity contribution is -0.203. The SMILES string of the molecule is CCC(=O)C(O)C(F)(F)F. The molecule has 0 aromatic carbocycles. The average Bonchev–Trinajstić information content (AvgIpc) is 1.83. The van der Waals surface area contributed by atoms with E-state index < -0.39 is 18.1 Å². The van der Waals surface area contributed by atoms with Crippen LogP contribution >= 0.6 is 0 Å². The maximum Gasteiger partial charge on any atom is 0.421 e. The Kier molecular flexibility index (Phi) is 2.83. The van der Waals surface area contributed by atoms with Crippen molar-refractivity contribution < 1.29 is 23.1 Å². The van der Waals surface area contributed by atoms with Crippen LogP contribution in [0.3, 0.4) is 0 Å². The Bertz CT molecular complexity index is 129. The summed E-state index contributed by atoms with van der Waals surface area (Å²) < 4.78 is 34.2. The second-order valence-corrected chi connectivity index (χ2v) is 1.76. The predicted octanol–water partition coefficient (Wildman–Crippen LogP) is 0.889. The van der Waals surface area contributed by atoms with E-state index in [2.05, 4.69) is 0 Å². The van der Waals surface area contributed by atoms with E-state index in [1.165, 1.54) is 6.92 Å². The van der Waals surface area contributed by atoms with E-state index in [4.69, 9.17) is 5.11 Å². The van der Waals surface area contributed by atoms with Crippen LogP contribution in [0.5, 0.6) is 0 Å². The molecule has 1 atom stereocenters. The zero-order valence-corrected chi connectivity index (χ0v) is 5.27. The minimum atomic E-state index is -4.81. The zero-order valence-electron chi connectivity index (χ0n) is 5.27. The number of hydrogen-bond donors (Lipinski definition) is 1. The third-order valence-electron chi connectivity index (χ3n) is 0.963. The van der Waals surface area contributed by atoms with Crippen LogP contribution in [0.1, 0.15) is 13.3 Å². The molecular formula is C5H7F3O2. The van der Waals surface area contributed by atoms with E-state index in [0.717, 1.165) is 0 Å². The van der Waals surface area contributed by atoms with Crippen LogP contribution in [-0.4, -0.2) is 23.2 Å². The van der Waals surface area contributed by atoms with Gasteiger partial charge in [0.1, 0.15) is 0 Å². The molecule has 0 saturated heterocycles. The van der Waals surface area contributed by atoms with Gasteiger partial charge < -0.3 is 5.11 Å². The van der Waals surface area contributed by atoms with Crippen LogP contribution in [0.4, 0.5) is 13.2 Å². The maximum absolute atomic E-state index is 11.4. The van der Waals surface area contributed by atoms with Gasteiger partial charge >= 0.3 is 6.18 Å². The number of halogens is 3. The molecule has 5 heteroatoms. The first kappa shape index (κ1) is 9.42. The molecule has 60 valence electrons. The molecule has 0 aliphatic rings. The van der Waals surface area contributed by atoms with Crippen molar-refractivity contribution in [1.82, 2.24) is 0 Å². The number of carbonyl (C=O) groups is 1. The van der Waals surface area contributed by atoms with Gasteiger partial charge in [0.05, 0.1) is 0 Å². The van der Waals surface area contributed by atoms with E-state index >= 15 is 0 Å². The summed E-state index contributed by atoms with van der Waals surface area (Å²) in [5, 5.41) is 8.18. The monoisotopic (exact) mass is 156 g/mol. The van der Waals surface area contributed by atoms with E-state index in [-0.39, 0.29) is 6.42 Å². The Morgan fingerprint density at radius 3 is 2.10 bits per heavy atom. The van der Waals surface area contributed by atoms with E-state index in [9.17, 15) is 18.0 Å². The summed E-state index contributed by atoms with van der Waals surface area (Å²) in [6.45, 7) is 1.26. The first-order chi connectivity index (χ1) is 4.39. The fourth-order valence-electron chi connectivity index (χ4n) is 0.376. The normalized spacial score (nSPS) is 14.9. The van der Waals surface area contributed by atoms with E-state index in [0.29, 0.717) is 0 Å². The summed E-state index contributed by atoms with van der Waals surface area (Å²) in [5.74, 6) is -1.20. The van der Waals surface area contributed by atoms with Gasteiger partial charge in [-0.2, -0.15) is 13.2 Å².